The molecule has 0 aliphatic carbocycles. The Morgan fingerprint density at radius 3 is 2.77 bits per heavy atom. The predicted molar refractivity (Wildman–Crippen MR) is 160 cm³/mol. The van der Waals surface area contributed by atoms with Crippen LogP contribution in [0.1, 0.15) is 32.4 Å². The number of H-pyrrole nitrogens is 1. The fourth-order valence-corrected chi connectivity index (χ4v) is 8.96. The molecule has 2 saturated heterocycles. The van der Waals surface area contributed by atoms with Crippen LogP contribution in [0.25, 0.3) is 10.9 Å². The summed E-state index contributed by atoms with van der Waals surface area (Å²) in [6.45, 7) is 3.43. The number of benzene rings is 1. The first-order valence-electron chi connectivity index (χ1n) is 14.2. The van der Waals surface area contributed by atoms with Crippen molar-refractivity contribution in [2.45, 2.75) is 36.9 Å². The van der Waals surface area contributed by atoms with Gasteiger partial charge in [-0.05, 0) is 25.2 Å². The van der Waals surface area contributed by atoms with Gasteiger partial charge in [0.05, 0.1) is 37.4 Å². The van der Waals surface area contributed by atoms with E-state index in [2.05, 4.69) is 20.9 Å². The summed E-state index contributed by atoms with van der Waals surface area (Å²) in [6.07, 6.45) is 0.608. The summed E-state index contributed by atoms with van der Waals surface area (Å²) < 4.78 is 34.9. The summed E-state index contributed by atoms with van der Waals surface area (Å²) in [4.78, 5) is 41.4. The van der Waals surface area contributed by atoms with Crippen LogP contribution in [0.5, 0.6) is 0 Å². The maximum absolute atomic E-state index is 14.1. The van der Waals surface area contributed by atoms with Crippen molar-refractivity contribution in [1.29, 1.82) is 5.26 Å². The molecule has 43 heavy (non-hydrogen) atoms. The fraction of sp³-hybridized carbons (Fsp3) is 0.500. The van der Waals surface area contributed by atoms with Gasteiger partial charge in [-0.15, -0.1) is 11.3 Å². The third kappa shape index (κ3) is 5.90. The van der Waals surface area contributed by atoms with Crippen molar-refractivity contribution >= 4 is 55.7 Å². The molecule has 3 aromatic rings. The van der Waals surface area contributed by atoms with Crippen LogP contribution in [0, 0.1) is 11.3 Å². The van der Waals surface area contributed by atoms with Crippen molar-refractivity contribution in [3.8, 4) is 6.07 Å². The normalized spacial score (nSPS) is 20.3. The fourth-order valence-electron chi connectivity index (χ4n) is 5.97. The zero-order valence-corrected chi connectivity index (χ0v) is 26.1. The summed E-state index contributed by atoms with van der Waals surface area (Å²) in [5.74, 6) is -0.444. The number of carbonyl (C=O) groups excluding carboxylic acids is 2. The minimum atomic E-state index is -4.12. The molecular weight excluding hydrogens is 614 g/mol. The molecule has 6 rings (SSSR count). The number of aromatic nitrogens is 2. The molecule has 2 aromatic heterocycles. The van der Waals surface area contributed by atoms with Gasteiger partial charge in [0.25, 0.3) is 15.9 Å². The van der Waals surface area contributed by atoms with Gasteiger partial charge in [0.1, 0.15) is 0 Å². The number of hydrogen-bond acceptors (Lipinski definition) is 9. The number of sulfonamides is 1. The summed E-state index contributed by atoms with van der Waals surface area (Å²) in [6, 6.07) is 6.34. The number of nitriles is 1. The van der Waals surface area contributed by atoms with Crippen LogP contribution in [-0.4, -0.2) is 115 Å². The quantitative estimate of drug-likeness (QED) is 0.429. The second kappa shape index (κ2) is 12.1. The topological polar surface area (TPSA) is 143 Å². The van der Waals surface area contributed by atoms with E-state index in [1.807, 2.05) is 7.05 Å². The number of amides is 2. The van der Waals surface area contributed by atoms with Crippen LogP contribution < -0.4 is 0 Å². The van der Waals surface area contributed by atoms with Crippen molar-refractivity contribution in [3.05, 3.63) is 44.4 Å². The van der Waals surface area contributed by atoms with Crippen LogP contribution in [0.4, 0.5) is 0 Å². The van der Waals surface area contributed by atoms with E-state index in [1.54, 1.807) is 28.0 Å². The number of ether oxygens (including phenoxy) is 1. The first-order chi connectivity index (χ1) is 20.7. The van der Waals surface area contributed by atoms with Gasteiger partial charge in [0, 0.05) is 85.0 Å². The molecule has 1 N–H and O–H groups in total. The Morgan fingerprint density at radius 1 is 1.21 bits per heavy atom. The summed E-state index contributed by atoms with van der Waals surface area (Å²) >= 11 is 7.56. The average Bonchev–Trinajstić information content (AvgIpc) is 3.59. The Kier molecular flexibility index (Phi) is 8.47. The maximum Gasteiger partial charge on any atom is 0.283 e. The Balaban J connectivity index is 1.31. The summed E-state index contributed by atoms with van der Waals surface area (Å²) in [7, 11) is -2.09. The first kappa shape index (κ1) is 30.0. The van der Waals surface area contributed by atoms with E-state index in [9.17, 15) is 23.3 Å². The lowest BCUT2D eigenvalue weighted by atomic mass is 10.1. The second-order valence-corrected chi connectivity index (χ2v) is 14.4. The molecule has 1 atom stereocenters. The number of nitrogens with zero attached hydrogens (tertiary/aromatic N) is 6. The first-order valence-corrected chi connectivity index (χ1v) is 16.8. The van der Waals surface area contributed by atoms with Crippen molar-refractivity contribution in [2.75, 3.05) is 59.5 Å². The van der Waals surface area contributed by atoms with Crippen LogP contribution in [0.2, 0.25) is 5.02 Å². The lowest BCUT2D eigenvalue weighted by Crippen LogP contribution is -2.58. The number of nitrogens with one attached hydrogen (secondary N) is 1. The zero-order valence-electron chi connectivity index (χ0n) is 23.7. The molecule has 15 heteroatoms. The lowest BCUT2D eigenvalue weighted by molar-refractivity contribution is -0.136. The maximum atomic E-state index is 14.1. The van der Waals surface area contributed by atoms with Crippen LogP contribution in [0.15, 0.2) is 23.2 Å². The summed E-state index contributed by atoms with van der Waals surface area (Å²) in [5.41, 5.74) is 1.83. The van der Waals surface area contributed by atoms with E-state index in [0.717, 1.165) is 30.1 Å². The molecule has 12 nitrogen and oxygen atoms in total. The Hall–Kier alpha value is -3.06. The lowest BCUT2D eigenvalue weighted by Gasteiger charge is -2.41. The average molecular weight is 646 g/mol. The highest BCUT2D eigenvalue weighted by Gasteiger charge is 2.41. The van der Waals surface area contributed by atoms with E-state index in [-0.39, 0.29) is 49.3 Å². The molecule has 5 heterocycles. The predicted octanol–water partition coefficient (Wildman–Crippen LogP) is 2.10. The molecule has 2 amide bonds. The number of halogens is 1. The molecule has 228 valence electrons. The number of likely N-dealkylation sites (N-methyl/N-ethyl adjacent to an activating group) is 1. The van der Waals surface area contributed by atoms with E-state index in [0.29, 0.717) is 52.8 Å². The molecule has 3 aliphatic rings. The SMILES string of the molecule is CN1CCc2nc(C(=O)N3CCN(S(=O)(=O)c4[nH]c5ccc(Cl)cc5c4CC#N)CC3CC(=O)N3CCOCC3)sc2C1. The van der Waals surface area contributed by atoms with Crippen molar-refractivity contribution in [2.24, 2.45) is 0 Å². The molecule has 0 radical (unpaired) electrons. The van der Waals surface area contributed by atoms with Gasteiger partial charge in [0.15, 0.2) is 10.0 Å². The molecule has 0 bridgehead atoms. The monoisotopic (exact) mass is 645 g/mol. The van der Waals surface area contributed by atoms with Gasteiger partial charge in [-0.1, -0.05) is 11.6 Å². The number of piperazine rings is 1. The molecule has 0 spiro atoms. The van der Waals surface area contributed by atoms with Crippen molar-refractivity contribution in [3.63, 3.8) is 0 Å². The highest BCUT2D eigenvalue weighted by molar-refractivity contribution is 7.89. The Labute approximate surface area is 258 Å². The minimum absolute atomic E-state index is 0.0288. The molecular formula is C28H32ClN7O5S2. The number of rotatable bonds is 6. The number of aromatic amines is 1. The Morgan fingerprint density at radius 2 is 2.00 bits per heavy atom. The standard InChI is InChI=1S/C28H32ClN7O5S2/c1-33-7-5-23-24(17-33)42-26(31-23)28(38)36-9-8-35(16-19(36)15-25(37)34-10-12-41-13-11-34)43(39,40)27-20(4-6-30)21-14-18(29)2-3-22(21)32-27/h2-3,14,19,32H,4-5,7-13,15-17H2,1H3. The van der Waals surface area contributed by atoms with Crippen LogP contribution in [0.3, 0.4) is 0 Å². The van der Waals surface area contributed by atoms with E-state index >= 15 is 0 Å². The largest absolute Gasteiger partial charge is 0.378 e. The summed E-state index contributed by atoms with van der Waals surface area (Å²) in [5, 5.41) is 10.8. The van der Waals surface area contributed by atoms with Gasteiger partial charge in [-0.2, -0.15) is 9.57 Å². The number of morpholine rings is 1. The third-order valence-corrected chi connectivity index (χ3v) is 11.4. The van der Waals surface area contributed by atoms with Gasteiger partial charge in [-0.25, -0.2) is 13.4 Å². The Bertz CT molecular complexity index is 1710. The highest BCUT2D eigenvalue weighted by Crippen LogP contribution is 2.33. The smallest absolute Gasteiger partial charge is 0.283 e. The minimum Gasteiger partial charge on any atom is -0.378 e. The van der Waals surface area contributed by atoms with E-state index in [1.165, 1.54) is 15.6 Å². The van der Waals surface area contributed by atoms with E-state index < -0.39 is 16.1 Å². The zero-order chi connectivity index (χ0) is 30.3. The van der Waals surface area contributed by atoms with Crippen LogP contribution >= 0.6 is 22.9 Å². The number of fused-ring (bicyclic) bond motifs is 2. The third-order valence-electron chi connectivity index (χ3n) is 8.27. The highest BCUT2D eigenvalue weighted by atomic mass is 35.5. The molecule has 2 fully saturated rings. The van der Waals surface area contributed by atoms with Gasteiger partial charge in [-0.3, -0.25) is 9.59 Å². The number of carbonyl (C=O) groups is 2. The van der Waals surface area contributed by atoms with Gasteiger partial charge >= 0.3 is 0 Å². The van der Waals surface area contributed by atoms with Crippen LogP contribution in [-0.2, 0) is 38.9 Å². The van der Waals surface area contributed by atoms with Crippen molar-refractivity contribution in [1.82, 2.24) is 29.0 Å². The van der Waals surface area contributed by atoms with E-state index in [4.69, 9.17) is 16.3 Å². The van der Waals surface area contributed by atoms with Gasteiger partial charge < -0.3 is 24.4 Å². The second-order valence-electron chi connectivity index (χ2n) is 11.0. The number of hydrogen-bond donors (Lipinski definition) is 1. The van der Waals surface area contributed by atoms with Crippen molar-refractivity contribution < 1.29 is 22.7 Å². The van der Waals surface area contributed by atoms with Gasteiger partial charge in [0.2, 0.25) is 5.91 Å². The molecule has 3 aliphatic heterocycles. The number of thiazole rings is 1. The molecule has 1 aromatic carbocycles. The molecule has 0 saturated carbocycles. The molecule has 1 unspecified atom stereocenters.